The van der Waals surface area contributed by atoms with Gasteiger partial charge < -0.3 is 15.0 Å². The summed E-state index contributed by atoms with van der Waals surface area (Å²) in [6.45, 7) is 3.58. The normalized spacial score (nSPS) is 27.4. The summed E-state index contributed by atoms with van der Waals surface area (Å²) in [7, 11) is 1.92. The van der Waals surface area contributed by atoms with Gasteiger partial charge in [-0.3, -0.25) is 4.79 Å². The molecule has 0 radical (unpaired) electrons. The Morgan fingerprint density at radius 1 is 1.53 bits per heavy atom. The first-order chi connectivity index (χ1) is 8.75. The second-order valence-electron chi connectivity index (χ2n) is 5.29. The van der Waals surface area contributed by atoms with E-state index in [9.17, 15) is 4.79 Å². The topological polar surface area (TPSA) is 41.6 Å². The third kappa shape index (κ3) is 5.90. The first-order valence-corrected chi connectivity index (χ1v) is 8.04. The van der Waals surface area contributed by atoms with Crippen LogP contribution < -0.4 is 5.32 Å². The van der Waals surface area contributed by atoms with Crippen LogP contribution in [0.3, 0.4) is 0 Å². The maximum absolute atomic E-state index is 12.1. The lowest BCUT2D eigenvalue weighted by molar-refractivity contribution is -0.131. The number of nitrogens with one attached hydrogen (secondary N) is 1. The molecule has 2 aliphatic rings. The first kappa shape index (κ1) is 17.1. The number of thioether (sulfide) groups is 1. The second-order valence-corrected chi connectivity index (χ2v) is 6.44. The molecule has 1 N–H and O–H groups in total. The largest absolute Gasteiger partial charge is 0.381 e. The molecular weight excluding hydrogens is 284 g/mol. The molecule has 0 saturated carbocycles. The van der Waals surface area contributed by atoms with E-state index in [2.05, 4.69) is 5.32 Å². The standard InChI is InChI=1S/C13H24N2O2S.ClH/c1-15(8-11-3-2-5-17-9-11)13(16)7-12-10-18-6-4-14-12;/h11-12,14H,2-10H2,1H3;1H. The van der Waals surface area contributed by atoms with E-state index in [-0.39, 0.29) is 18.3 Å². The molecule has 6 heteroatoms. The van der Waals surface area contributed by atoms with Crippen LogP contribution in [0.2, 0.25) is 0 Å². The van der Waals surface area contributed by atoms with Crippen LogP contribution in [0.15, 0.2) is 0 Å². The molecule has 0 aromatic carbocycles. The monoisotopic (exact) mass is 308 g/mol. The molecule has 2 saturated heterocycles. The third-order valence-electron chi connectivity index (χ3n) is 3.63. The maximum Gasteiger partial charge on any atom is 0.223 e. The van der Waals surface area contributed by atoms with Gasteiger partial charge in [0.15, 0.2) is 0 Å². The Morgan fingerprint density at radius 3 is 3.00 bits per heavy atom. The Bertz CT molecular complexity index is 269. The van der Waals surface area contributed by atoms with Gasteiger partial charge in [-0.25, -0.2) is 0 Å². The highest BCUT2D eigenvalue weighted by molar-refractivity contribution is 7.99. The van der Waals surface area contributed by atoms with Crippen molar-refractivity contribution in [2.45, 2.75) is 25.3 Å². The average Bonchev–Trinajstić information content (AvgIpc) is 2.41. The molecule has 2 unspecified atom stereocenters. The van der Waals surface area contributed by atoms with Crippen molar-refractivity contribution in [1.29, 1.82) is 0 Å². The predicted molar refractivity (Wildman–Crippen MR) is 82.2 cm³/mol. The van der Waals surface area contributed by atoms with E-state index in [0.717, 1.165) is 38.5 Å². The van der Waals surface area contributed by atoms with E-state index < -0.39 is 0 Å². The highest BCUT2D eigenvalue weighted by Crippen LogP contribution is 2.16. The Labute approximate surface area is 126 Å². The molecule has 0 spiro atoms. The van der Waals surface area contributed by atoms with Gasteiger partial charge in [0, 0.05) is 50.7 Å². The van der Waals surface area contributed by atoms with Gasteiger partial charge in [-0.1, -0.05) is 0 Å². The fourth-order valence-electron chi connectivity index (χ4n) is 2.56. The van der Waals surface area contributed by atoms with Crippen LogP contribution in [0, 0.1) is 5.92 Å². The number of ether oxygens (including phenoxy) is 1. The van der Waals surface area contributed by atoms with Crippen LogP contribution in [-0.2, 0) is 9.53 Å². The average molecular weight is 309 g/mol. The molecule has 2 atom stereocenters. The molecular formula is C13H25ClN2O2S. The second kappa shape index (κ2) is 9.06. The van der Waals surface area contributed by atoms with E-state index in [1.165, 1.54) is 12.2 Å². The summed E-state index contributed by atoms with van der Waals surface area (Å²) in [5.41, 5.74) is 0. The minimum Gasteiger partial charge on any atom is -0.381 e. The summed E-state index contributed by atoms with van der Waals surface area (Å²) in [6.07, 6.45) is 2.96. The summed E-state index contributed by atoms with van der Waals surface area (Å²) < 4.78 is 5.46. The lowest BCUT2D eigenvalue weighted by Crippen LogP contribution is -2.43. The number of carbonyl (C=O) groups excluding carboxylic acids is 1. The zero-order valence-electron chi connectivity index (χ0n) is 11.6. The van der Waals surface area contributed by atoms with Gasteiger partial charge in [0.05, 0.1) is 6.61 Å². The van der Waals surface area contributed by atoms with Crippen molar-refractivity contribution in [3.8, 4) is 0 Å². The molecule has 1 amide bonds. The van der Waals surface area contributed by atoms with Crippen LogP contribution >= 0.6 is 24.2 Å². The molecule has 112 valence electrons. The quantitative estimate of drug-likeness (QED) is 0.852. The maximum atomic E-state index is 12.1. The van der Waals surface area contributed by atoms with Crippen molar-refractivity contribution in [1.82, 2.24) is 10.2 Å². The van der Waals surface area contributed by atoms with Gasteiger partial charge in [0.25, 0.3) is 0 Å². The highest BCUT2D eigenvalue weighted by atomic mass is 35.5. The smallest absolute Gasteiger partial charge is 0.223 e. The molecule has 4 nitrogen and oxygen atoms in total. The Kier molecular flexibility index (Phi) is 8.14. The number of nitrogens with zero attached hydrogens (tertiary/aromatic N) is 1. The minimum absolute atomic E-state index is 0. The Balaban J connectivity index is 0.00000180. The summed E-state index contributed by atoms with van der Waals surface area (Å²) in [5, 5.41) is 3.42. The van der Waals surface area contributed by atoms with Gasteiger partial charge >= 0.3 is 0 Å². The van der Waals surface area contributed by atoms with Gasteiger partial charge in [0.1, 0.15) is 0 Å². The van der Waals surface area contributed by atoms with Crippen LogP contribution in [0.25, 0.3) is 0 Å². The van der Waals surface area contributed by atoms with Gasteiger partial charge in [-0.15, -0.1) is 12.4 Å². The zero-order valence-corrected chi connectivity index (χ0v) is 13.2. The summed E-state index contributed by atoms with van der Waals surface area (Å²) in [6, 6.07) is 0.362. The molecule has 2 aliphatic heterocycles. The van der Waals surface area contributed by atoms with Crippen LogP contribution in [-0.4, -0.2) is 61.7 Å². The zero-order chi connectivity index (χ0) is 12.8. The number of hydrogen-bond donors (Lipinski definition) is 1. The summed E-state index contributed by atoms with van der Waals surface area (Å²) >= 11 is 1.94. The Morgan fingerprint density at radius 2 is 2.37 bits per heavy atom. The molecule has 2 fully saturated rings. The summed E-state index contributed by atoms with van der Waals surface area (Å²) in [5.74, 6) is 3.02. The molecule has 0 aliphatic carbocycles. The van der Waals surface area contributed by atoms with Gasteiger partial charge in [0.2, 0.25) is 5.91 Å². The van der Waals surface area contributed by atoms with Crippen molar-refractivity contribution in [3.63, 3.8) is 0 Å². The van der Waals surface area contributed by atoms with E-state index in [0.29, 0.717) is 18.4 Å². The molecule has 0 aromatic heterocycles. The van der Waals surface area contributed by atoms with Crippen LogP contribution in [0.4, 0.5) is 0 Å². The third-order valence-corrected chi connectivity index (χ3v) is 4.76. The molecule has 0 bridgehead atoms. The van der Waals surface area contributed by atoms with Crippen LogP contribution in [0.1, 0.15) is 19.3 Å². The predicted octanol–water partition coefficient (Wildman–Crippen LogP) is 1.39. The van der Waals surface area contributed by atoms with Gasteiger partial charge in [-0.2, -0.15) is 11.8 Å². The van der Waals surface area contributed by atoms with Crippen molar-refractivity contribution in [2.75, 3.05) is 44.9 Å². The van der Waals surface area contributed by atoms with E-state index in [1.807, 2.05) is 23.7 Å². The van der Waals surface area contributed by atoms with Crippen molar-refractivity contribution in [3.05, 3.63) is 0 Å². The molecule has 2 rings (SSSR count). The van der Waals surface area contributed by atoms with Crippen LogP contribution in [0.5, 0.6) is 0 Å². The SMILES string of the molecule is CN(CC1CCCOC1)C(=O)CC1CSCCN1.Cl. The van der Waals surface area contributed by atoms with Crippen molar-refractivity contribution >= 4 is 30.1 Å². The number of rotatable bonds is 4. The highest BCUT2D eigenvalue weighted by Gasteiger charge is 2.22. The van der Waals surface area contributed by atoms with Crippen molar-refractivity contribution in [2.24, 2.45) is 5.92 Å². The van der Waals surface area contributed by atoms with E-state index in [1.54, 1.807) is 0 Å². The number of amides is 1. The first-order valence-electron chi connectivity index (χ1n) is 6.88. The van der Waals surface area contributed by atoms with E-state index in [4.69, 9.17) is 4.74 Å². The van der Waals surface area contributed by atoms with E-state index >= 15 is 0 Å². The Hall–Kier alpha value is 0.0300. The number of hydrogen-bond acceptors (Lipinski definition) is 4. The summed E-state index contributed by atoms with van der Waals surface area (Å²) in [4.78, 5) is 14.0. The molecule has 0 aromatic rings. The fourth-order valence-corrected chi connectivity index (χ4v) is 3.51. The molecule has 2 heterocycles. The fraction of sp³-hybridized carbons (Fsp3) is 0.923. The molecule has 19 heavy (non-hydrogen) atoms. The van der Waals surface area contributed by atoms with Gasteiger partial charge in [-0.05, 0) is 18.8 Å². The number of carbonyl (C=O) groups is 1. The van der Waals surface area contributed by atoms with Crippen molar-refractivity contribution < 1.29 is 9.53 Å². The minimum atomic E-state index is 0. The number of halogens is 1. The lowest BCUT2D eigenvalue weighted by atomic mass is 10.0. The lowest BCUT2D eigenvalue weighted by Gasteiger charge is -2.29.